The summed E-state index contributed by atoms with van der Waals surface area (Å²) in [5.41, 5.74) is 2.41. The Bertz CT molecular complexity index is 1200. The third-order valence-corrected chi connectivity index (χ3v) is 13.7. The van der Waals surface area contributed by atoms with Gasteiger partial charge in [0.25, 0.3) is 0 Å². The van der Waals surface area contributed by atoms with Crippen molar-refractivity contribution in [3.05, 3.63) is 83.9 Å². The molecule has 0 amide bonds. The van der Waals surface area contributed by atoms with Crippen LogP contribution in [0, 0.1) is 0 Å². The lowest BCUT2D eigenvalue weighted by Gasteiger charge is -2.40. The Morgan fingerprint density at radius 2 is 1.50 bits per heavy atom. The van der Waals surface area contributed by atoms with Crippen molar-refractivity contribution in [2.75, 3.05) is 7.05 Å². The highest BCUT2D eigenvalue weighted by molar-refractivity contribution is 7.60. The molecular weight excluding hydrogens is 471 g/mol. The van der Waals surface area contributed by atoms with Gasteiger partial charge in [-0.25, -0.2) is 4.67 Å². The molecule has 0 aliphatic carbocycles. The Kier molecular flexibility index (Phi) is 7.13. The second-order valence-corrected chi connectivity index (χ2v) is 23.4. The molecule has 1 saturated heterocycles. The Hall–Kier alpha value is -1.54. The SMILES string of the molecule is C[C@H]1[C@@H](c2ccccc2)O[P@@](=N[Si](C)(C)C)([C@@H](O[Si](C)(C)C)c2cccc3ccccc23)N1C. The van der Waals surface area contributed by atoms with Gasteiger partial charge >= 0.3 is 0 Å². The van der Waals surface area contributed by atoms with Gasteiger partial charge in [0.05, 0.1) is 0 Å². The molecule has 0 aromatic heterocycles. The van der Waals surface area contributed by atoms with Gasteiger partial charge in [-0.1, -0.05) is 72.8 Å². The second kappa shape index (κ2) is 9.49. The molecular formula is C27H39N2O2PSi2. The van der Waals surface area contributed by atoms with E-state index < -0.39 is 24.0 Å². The molecule has 7 heteroatoms. The van der Waals surface area contributed by atoms with Crippen molar-refractivity contribution >= 4 is 34.8 Å². The molecule has 0 spiro atoms. The van der Waals surface area contributed by atoms with E-state index in [1.54, 1.807) is 0 Å². The van der Waals surface area contributed by atoms with E-state index in [9.17, 15) is 0 Å². The first kappa shape index (κ1) is 25.6. The quantitative estimate of drug-likeness (QED) is 0.246. The smallest absolute Gasteiger partial charge is 0.185 e. The molecule has 3 aromatic rings. The van der Waals surface area contributed by atoms with E-state index in [-0.39, 0.29) is 18.0 Å². The summed E-state index contributed by atoms with van der Waals surface area (Å²) in [6, 6.07) is 26.0. The summed E-state index contributed by atoms with van der Waals surface area (Å²) in [5.74, 6) is -0.224. The van der Waals surface area contributed by atoms with E-state index in [0.29, 0.717) is 0 Å². The van der Waals surface area contributed by atoms with Crippen LogP contribution in [-0.4, -0.2) is 34.3 Å². The fourth-order valence-corrected chi connectivity index (χ4v) is 14.0. The summed E-state index contributed by atoms with van der Waals surface area (Å²) in [6.07, 6.45) is -0.0395. The molecule has 3 aromatic carbocycles. The molecule has 0 saturated carbocycles. The van der Waals surface area contributed by atoms with E-state index in [1.807, 2.05) is 0 Å². The molecule has 4 nitrogen and oxygen atoms in total. The van der Waals surface area contributed by atoms with Crippen LogP contribution in [0.5, 0.6) is 0 Å². The van der Waals surface area contributed by atoms with Crippen molar-refractivity contribution in [1.82, 2.24) is 4.67 Å². The largest absolute Gasteiger partial charge is 0.402 e. The van der Waals surface area contributed by atoms with Crippen molar-refractivity contribution in [1.29, 1.82) is 0 Å². The van der Waals surface area contributed by atoms with Crippen LogP contribution in [0.15, 0.2) is 77.2 Å². The van der Waals surface area contributed by atoms with Gasteiger partial charge in [-0.15, -0.1) is 0 Å². The first-order valence-corrected chi connectivity index (χ1v) is 20.7. The van der Waals surface area contributed by atoms with Gasteiger partial charge in [0, 0.05) is 6.04 Å². The molecule has 1 fully saturated rings. The molecule has 0 radical (unpaired) electrons. The summed E-state index contributed by atoms with van der Waals surface area (Å²) in [7, 11) is -4.18. The van der Waals surface area contributed by atoms with E-state index in [1.165, 1.54) is 21.9 Å². The molecule has 1 heterocycles. The van der Waals surface area contributed by atoms with Gasteiger partial charge in [-0.05, 0) is 75.2 Å². The first-order chi connectivity index (χ1) is 15.9. The fourth-order valence-electron chi connectivity index (χ4n) is 4.68. The van der Waals surface area contributed by atoms with Gasteiger partial charge in [0.2, 0.25) is 0 Å². The van der Waals surface area contributed by atoms with Crippen molar-refractivity contribution in [3.63, 3.8) is 0 Å². The number of likely N-dealkylation sites (N-methyl/N-ethyl adjacent to an activating group) is 1. The molecule has 34 heavy (non-hydrogen) atoms. The van der Waals surface area contributed by atoms with Gasteiger partial charge < -0.3 is 13.4 Å². The maximum atomic E-state index is 7.25. The van der Waals surface area contributed by atoms with Gasteiger partial charge in [-0.3, -0.25) is 0 Å². The van der Waals surface area contributed by atoms with Crippen LogP contribution in [0.1, 0.15) is 30.0 Å². The number of nitrogens with zero attached hydrogens (tertiary/aromatic N) is 2. The van der Waals surface area contributed by atoms with Crippen LogP contribution in [0.3, 0.4) is 0 Å². The van der Waals surface area contributed by atoms with Crippen LogP contribution in [0.25, 0.3) is 10.8 Å². The van der Waals surface area contributed by atoms with Gasteiger partial charge in [-0.2, -0.15) is 0 Å². The Labute approximate surface area is 207 Å². The maximum absolute atomic E-state index is 7.25. The zero-order valence-corrected chi connectivity index (χ0v) is 24.7. The summed E-state index contributed by atoms with van der Waals surface area (Å²) >= 11 is 0. The molecule has 0 N–H and O–H groups in total. The van der Waals surface area contributed by atoms with Crippen molar-refractivity contribution in [2.24, 2.45) is 4.41 Å². The van der Waals surface area contributed by atoms with Crippen LogP contribution in [0.2, 0.25) is 39.3 Å². The minimum Gasteiger partial charge on any atom is -0.402 e. The first-order valence-electron chi connectivity index (χ1n) is 12.2. The summed E-state index contributed by atoms with van der Waals surface area (Å²) < 4.78 is 22.5. The minimum absolute atomic E-state index is 0.0395. The minimum atomic E-state index is -2.54. The number of benzene rings is 3. The average molecular weight is 511 g/mol. The number of hydrogen-bond donors (Lipinski definition) is 0. The van der Waals surface area contributed by atoms with Crippen molar-refractivity contribution in [3.8, 4) is 0 Å². The highest BCUT2D eigenvalue weighted by atomic mass is 31.2. The predicted octanol–water partition coefficient (Wildman–Crippen LogP) is 8.65. The predicted molar refractivity (Wildman–Crippen MR) is 151 cm³/mol. The van der Waals surface area contributed by atoms with Crippen LogP contribution >= 0.6 is 7.43 Å². The number of fused-ring (bicyclic) bond motifs is 1. The van der Waals surface area contributed by atoms with Gasteiger partial charge in [0.15, 0.2) is 24.0 Å². The Balaban J connectivity index is 1.99. The zero-order valence-electron chi connectivity index (χ0n) is 21.8. The van der Waals surface area contributed by atoms with E-state index in [0.717, 1.165) is 0 Å². The van der Waals surface area contributed by atoms with Crippen molar-refractivity contribution in [2.45, 2.75) is 64.2 Å². The van der Waals surface area contributed by atoms with E-state index >= 15 is 0 Å². The fraction of sp³-hybridized carbons (Fsp3) is 0.407. The van der Waals surface area contributed by atoms with E-state index in [4.69, 9.17) is 13.4 Å². The monoisotopic (exact) mass is 510 g/mol. The van der Waals surface area contributed by atoms with Crippen LogP contribution in [0.4, 0.5) is 0 Å². The molecule has 4 rings (SSSR count). The molecule has 4 atom stereocenters. The van der Waals surface area contributed by atoms with E-state index in [2.05, 4.69) is 131 Å². The zero-order chi connectivity index (χ0) is 24.7. The molecule has 0 bridgehead atoms. The molecule has 1 aliphatic heterocycles. The standard InChI is InChI=1S/C27H39N2O2PSi2/c1-21-26(23-16-10-9-11-17-23)30-32(29(21)2,28-33(3,4)5)27(31-34(6,7)8)25-20-14-18-22-15-12-13-19-24(22)25/h9-21,26-27H,1-8H3/t21-,26-,27+,32+/m0/s1. The Morgan fingerprint density at radius 1 is 0.882 bits per heavy atom. The number of rotatable bonds is 6. The highest BCUT2D eigenvalue weighted by Crippen LogP contribution is 2.74. The maximum Gasteiger partial charge on any atom is 0.185 e. The third kappa shape index (κ3) is 5.18. The second-order valence-electron chi connectivity index (χ2n) is 11.3. The normalized spacial score (nSPS) is 24.9. The highest BCUT2D eigenvalue weighted by Gasteiger charge is 2.52. The molecule has 0 unspecified atom stereocenters. The molecule has 182 valence electrons. The van der Waals surface area contributed by atoms with Crippen LogP contribution in [-0.2, 0) is 8.95 Å². The molecule has 1 aliphatic rings. The summed E-state index contributed by atoms with van der Waals surface area (Å²) in [5, 5.41) is 2.45. The lowest BCUT2D eigenvalue weighted by Crippen LogP contribution is -2.32. The third-order valence-electron chi connectivity index (χ3n) is 6.18. The topological polar surface area (TPSA) is 34.1 Å². The van der Waals surface area contributed by atoms with Crippen molar-refractivity contribution < 1.29 is 8.95 Å². The lowest BCUT2D eigenvalue weighted by molar-refractivity contribution is 0.202. The summed E-state index contributed by atoms with van der Waals surface area (Å²) in [6.45, 7) is 16.0. The Morgan fingerprint density at radius 3 is 2.15 bits per heavy atom. The van der Waals surface area contributed by atoms with Crippen LogP contribution < -0.4 is 0 Å². The average Bonchev–Trinajstić information content (AvgIpc) is 3.02. The van der Waals surface area contributed by atoms with Gasteiger partial charge in [0.1, 0.15) is 11.9 Å². The summed E-state index contributed by atoms with van der Waals surface area (Å²) in [4.78, 5) is 0. The lowest BCUT2D eigenvalue weighted by atomic mass is 10.0. The number of hydrogen-bond acceptors (Lipinski definition) is 3.